The van der Waals surface area contributed by atoms with Crippen molar-refractivity contribution in [2.45, 2.75) is 110 Å². The minimum atomic E-state index is -1.74. The van der Waals surface area contributed by atoms with Crippen molar-refractivity contribution in [1.29, 1.82) is 0 Å². The summed E-state index contributed by atoms with van der Waals surface area (Å²) in [6.07, 6.45) is 5.45. The van der Waals surface area contributed by atoms with Gasteiger partial charge in [-0.15, -0.1) is 0 Å². The quantitative estimate of drug-likeness (QED) is 0.253. The van der Waals surface area contributed by atoms with E-state index in [2.05, 4.69) is 13.8 Å². The van der Waals surface area contributed by atoms with Crippen LogP contribution in [0.5, 0.6) is 5.75 Å². The minimum absolute atomic E-state index is 0.0517. The first kappa shape index (κ1) is 34.5. The molecule has 8 nitrogen and oxygen atoms in total. The smallest absolute Gasteiger partial charge is 0.184 e. The van der Waals surface area contributed by atoms with E-state index < -0.39 is 52.4 Å². The Morgan fingerprint density at radius 3 is 2.28 bits per heavy atom. The van der Waals surface area contributed by atoms with Gasteiger partial charge in [-0.3, -0.25) is 9.59 Å². The second kappa shape index (κ2) is 11.6. The number of phenols is 1. The average molecular weight is 651 g/mol. The maximum absolute atomic E-state index is 14.3. The van der Waals surface area contributed by atoms with E-state index >= 15 is 0 Å². The zero-order valence-corrected chi connectivity index (χ0v) is 28.5. The van der Waals surface area contributed by atoms with Crippen LogP contribution in [0.3, 0.4) is 0 Å². The molecular formula is C39H54O8. The predicted molar refractivity (Wildman–Crippen MR) is 178 cm³/mol. The molecule has 47 heavy (non-hydrogen) atoms. The summed E-state index contributed by atoms with van der Waals surface area (Å²) in [5.41, 5.74) is -1.47. The third kappa shape index (κ3) is 5.03. The molecule has 1 aromatic rings. The molecule has 0 radical (unpaired) electrons. The summed E-state index contributed by atoms with van der Waals surface area (Å²) in [6, 6.07) is 6.25. The molecule has 0 aliphatic heterocycles. The second-order valence-electron chi connectivity index (χ2n) is 17.2. The van der Waals surface area contributed by atoms with Gasteiger partial charge >= 0.3 is 0 Å². The number of benzene rings is 1. The van der Waals surface area contributed by atoms with Gasteiger partial charge in [-0.25, -0.2) is 0 Å². The molecule has 258 valence electrons. The summed E-state index contributed by atoms with van der Waals surface area (Å²) in [7, 11) is 0. The van der Waals surface area contributed by atoms with Crippen molar-refractivity contribution in [2.24, 2.45) is 50.7 Å². The summed E-state index contributed by atoms with van der Waals surface area (Å²) in [4.78, 5) is 27.8. The monoisotopic (exact) mass is 650 g/mol. The summed E-state index contributed by atoms with van der Waals surface area (Å²) in [5, 5.41) is 65.7. The van der Waals surface area contributed by atoms with Gasteiger partial charge in [-0.1, -0.05) is 58.4 Å². The molecule has 6 N–H and O–H groups in total. The van der Waals surface area contributed by atoms with Crippen molar-refractivity contribution in [3.05, 3.63) is 47.6 Å². The number of phenolic OH excluding ortho intramolecular Hbond substituents is 1. The van der Waals surface area contributed by atoms with E-state index in [1.165, 1.54) is 24.3 Å². The van der Waals surface area contributed by atoms with E-state index in [1.54, 1.807) is 25.1 Å². The molecule has 0 bridgehead atoms. The van der Waals surface area contributed by atoms with Crippen molar-refractivity contribution in [3.8, 4) is 5.75 Å². The third-order valence-electron chi connectivity index (χ3n) is 14.6. The van der Waals surface area contributed by atoms with Crippen molar-refractivity contribution in [3.63, 3.8) is 0 Å². The van der Waals surface area contributed by atoms with Crippen LogP contribution in [0.1, 0.15) is 91.5 Å². The van der Waals surface area contributed by atoms with Crippen molar-refractivity contribution < 1.29 is 40.2 Å². The topological polar surface area (TPSA) is 156 Å². The summed E-state index contributed by atoms with van der Waals surface area (Å²) in [6.45, 7) is 10.3. The highest BCUT2D eigenvalue weighted by Gasteiger charge is 2.68. The third-order valence-corrected chi connectivity index (χ3v) is 14.6. The van der Waals surface area contributed by atoms with Gasteiger partial charge in [0.2, 0.25) is 0 Å². The van der Waals surface area contributed by atoms with Gasteiger partial charge in [0.1, 0.15) is 11.9 Å². The number of aromatic hydroxyl groups is 1. The highest BCUT2D eigenvalue weighted by molar-refractivity contribution is 6.00. The van der Waals surface area contributed by atoms with Crippen molar-refractivity contribution >= 4 is 17.6 Å². The number of hydrogen-bond donors (Lipinski definition) is 6. The van der Waals surface area contributed by atoms with Gasteiger partial charge < -0.3 is 30.6 Å². The average Bonchev–Trinajstić information content (AvgIpc) is 3.17. The molecule has 0 aromatic heterocycles. The lowest BCUT2D eigenvalue weighted by molar-refractivity contribution is -0.212. The molecule has 0 spiro atoms. The Morgan fingerprint density at radius 1 is 0.936 bits per heavy atom. The van der Waals surface area contributed by atoms with E-state index in [-0.39, 0.29) is 47.2 Å². The first-order valence-electron chi connectivity index (χ1n) is 17.5. The van der Waals surface area contributed by atoms with Crippen molar-refractivity contribution in [1.82, 2.24) is 0 Å². The number of fused-ring (bicyclic) bond motifs is 6. The Morgan fingerprint density at radius 2 is 1.62 bits per heavy atom. The maximum Gasteiger partial charge on any atom is 0.184 e. The minimum Gasteiger partial charge on any atom is -0.508 e. The SMILES string of the molecule is C[C@@]12CC[C@@H]3[C@](C)(CC[C@H](O)[C@]3(C)CO)[C@H]1CC[C@H]1C(=CC(=O)[C@@H]3[C@]1(C)C[C@@H](O)[C@H](O)[C@@]3(C)[C@@H](O)C(=O)/C=C\c1ccc(O)cc1)C2. The Labute approximate surface area is 278 Å². The van der Waals surface area contributed by atoms with Crippen LogP contribution < -0.4 is 0 Å². The first-order valence-corrected chi connectivity index (χ1v) is 17.5. The molecule has 0 heterocycles. The highest BCUT2D eigenvalue weighted by Crippen LogP contribution is 2.70. The van der Waals surface area contributed by atoms with Gasteiger partial charge in [-0.05, 0) is 115 Å². The molecule has 5 aliphatic rings. The van der Waals surface area contributed by atoms with Gasteiger partial charge in [0.05, 0.1) is 24.9 Å². The fraction of sp³-hybridized carbons (Fsp3) is 0.692. The van der Waals surface area contributed by atoms with Crippen LogP contribution in [0.4, 0.5) is 0 Å². The van der Waals surface area contributed by atoms with Crippen LogP contribution in [0.2, 0.25) is 0 Å². The van der Waals surface area contributed by atoms with Gasteiger partial charge in [0.15, 0.2) is 11.6 Å². The molecule has 5 aliphatic carbocycles. The number of carbonyl (C=O) groups excluding carboxylic acids is 2. The van der Waals surface area contributed by atoms with Gasteiger partial charge in [0.25, 0.3) is 0 Å². The summed E-state index contributed by atoms with van der Waals surface area (Å²) >= 11 is 0. The Bertz CT molecular complexity index is 1470. The van der Waals surface area contributed by atoms with E-state index in [0.717, 1.165) is 44.1 Å². The lowest BCUT2D eigenvalue weighted by atomic mass is 9.42. The van der Waals surface area contributed by atoms with E-state index in [0.29, 0.717) is 17.9 Å². The van der Waals surface area contributed by atoms with Crippen LogP contribution in [-0.4, -0.2) is 73.2 Å². The number of carbonyl (C=O) groups is 2. The van der Waals surface area contributed by atoms with Gasteiger partial charge in [0, 0.05) is 16.7 Å². The zero-order chi connectivity index (χ0) is 34.3. The van der Waals surface area contributed by atoms with Crippen LogP contribution in [0.25, 0.3) is 6.08 Å². The maximum atomic E-state index is 14.3. The Hall–Kier alpha value is -2.36. The molecule has 4 saturated carbocycles. The number of aliphatic hydroxyl groups is 5. The number of aliphatic hydroxyl groups excluding tert-OH is 5. The van der Waals surface area contributed by atoms with E-state index in [9.17, 15) is 40.2 Å². The Kier molecular flexibility index (Phi) is 8.53. The normalized spacial score (nSPS) is 47.1. The molecule has 0 unspecified atom stereocenters. The fourth-order valence-electron chi connectivity index (χ4n) is 12.3. The molecule has 8 heteroatoms. The number of rotatable bonds is 5. The number of hydrogen-bond acceptors (Lipinski definition) is 8. The first-order chi connectivity index (χ1) is 22.0. The van der Waals surface area contributed by atoms with E-state index in [4.69, 9.17) is 0 Å². The molecule has 0 amide bonds. The number of ketones is 2. The largest absolute Gasteiger partial charge is 0.508 e. The van der Waals surface area contributed by atoms with Crippen LogP contribution in [-0.2, 0) is 9.59 Å². The van der Waals surface area contributed by atoms with Gasteiger partial charge in [-0.2, -0.15) is 0 Å². The fourth-order valence-corrected chi connectivity index (χ4v) is 12.3. The molecule has 4 fully saturated rings. The highest BCUT2D eigenvalue weighted by atomic mass is 16.3. The lowest BCUT2D eigenvalue weighted by Crippen LogP contribution is -2.67. The lowest BCUT2D eigenvalue weighted by Gasteiger charge is -2.64. The van der Waals surface area contributed by atoms with Crippen LogP contribution >= 0.6 is 0 Å². The summed E-state index contributed by atoms with van der Waals surface area (Å²) < 4.78 is 0. The van der Waals surface area contributed by atoms with Crippen molar-refractivity contribution in [2.75, 3.05) is 6.61 Å². The predicted octanol–water partition coefficient (Wildman–Crippen LogP) is 4.59. The summed E-state index contributed by atoms with van der Waals surface area (Å²) in [5.74, 6) is -1.28. The van der Waals surface area contributed by atoms with Crippen LogP contribution in [0.15, 0.2) is 42.0 Å². The molecule has 1 aromatic carbocycles. The van der Waals surface area contributed by atoms with E-state index in [1.807, 2.05) is 13.8 Å². The second-order valence-corrected chi connectivity index (χ2v) is 17.2. The number of allylic oxidation sites excluding steroid dienone is 2. The standard InChI is InChI=1S/C39H54O8/c1-35-16-14-30-36(2,17-15-31(45)38(30,4)21-40)29(35)13-11-25-23(19-35)18-27(43)32-37(25,3)20-28(44)34(47)39(32,5)33(46)26(42)12-8-22-6-9-24(41)10-7-22/h6-10,12,18,25,28-34,40-41,44-47H,11,13-17,19-21H2,1-5H3/b12-8-/t25-,28+,29-,30+,31-,32+,33-,34-,35-,36+,37+,38+,39+/m0/s1. The molecule has 0 saturated heterocycles. The zero-order valence-electron chi connectivity index (χ0n) is 28.5. The Balaban J connectivity index is 1.35. The molecule has 13 atom stereocenters. The van der Waals surface area contributed by atoms with Crippen LogP contribution in [0, 0.1) is 50.7 Å². The molecular weight excluding hydrogens is 596 g/mol. The molecule has 6 rings (SSSR count).